The zero-order valence-electron chi connectivity index (χ0n) is 9.07. The third kappa shape index (κ3) is 2.04. The van der Waals surface area contributed by atoms with E-state index in [1.807, 2.05) is 0 Å². The smallest absolute Gasteiger partial charge is 0.341 e. The van der Waals surface area contributed by atoms with E-state index in [1.54, 1.807) is 22.8 Å². The van der Waals surface area contributed by atoms with Crippen LogP contribution < -0.4 is 0 Å². The van der Waals surface area contributed by atoms with Gasteiger partial charge in [0.05, 0.1) is 25.4 Å². The van der Waals surface area contributed by atoms with Gasteiger partial charge in [-0.15, -0.1) is 0 Å². The largest absolute Gasteiger partial charge is 0.465 e. The molecule has 86 valence electrons. The number of methoxy groups -OCH3 is 1. The predicted molar refractivity (Wildman–Crippen MR) is 59.4 cm³/mol. The molecular weight excluding hydrogens is 222 g/mol. The lowest BCUT2D eigenvalue weighted by atomic mass is 10.2. The number of hydrogen-bond acceptors (Lipinski definition) is 4. The molecule has 0 atom stereocenters. The number of fused-ring (bicyclic) bond motifs is 1. The molecular formula is C10H9N5O2. The fourth-order valence-corrected chi connectivity index (χ4v) is 1.50. The Labute approximate surface area is 96.2 Å². The van der Waals surface area contributed by atoms with Crippen molar-refractivity contribution in [2.24, 2.45) is 5.11 Å². The van der Waals surface area contributed by atoms with E-state index in [-0.39, 0.29) is 6.54 Å². The number of azide groups is 1. The second-order valence-electron chi connectivity index (χ2n) is 3.30. The van der Waals surface area contributed by atoms with Gasteiger partial charge in [-0.05, 0) is 23.2 Å². The standard InChI is InChI=1S/C10H9N5O2/c1-17-10(16)8-6-13-15-3-2-7(4-9(8)15)5-12-14-11/h2-4,6H,5H2,1H3. The lowest BCUT2D eigenvalue weighted by Gasteiger charge is -1.99. The molecule has 2 heterocycles. The van der Waals surface area contributed by atoms with Gasteiger partial charge in [-0.2, -0.15) is 5.10 Å². The lowest BCUT2D eigenvalue weighted by molar-refractivity contribution is 0.0603. The highest BCUT2D eigenvalue weighted by Crippen LogP contribution is 2.14. The Morgan fingerprint density at radius 2 is 2.53 bits per heavy atom. The van der Waals surface area contributed by atoms with Crippen molar-refractivity contribution in [2.45, 2.75) is 6.54 Å². The van der Waals surface area contributed by atoms with Gasteiger partial charge in [-0.25, -0.2) is 9.31 Å². The summed E-state index contributed by atoms with van der Waals surface area (Å²) in [7, 11) is 1.32. The summed E-state index contributed by atoms with van der Waals surface area (Å²) in [5.41, 5.74) is 10.1. The van der Waals surface area contributed by atoms with Crippen molar-refractivity contribution < 1.29 is 9.53 Å². The Balaban J connectivity index is 2.49. The normalized spacial score (nSPS) is 9.94. The summed E-state index contributed by atoms with van der Waals surface area (Å²) < 4.78 is 6.21. The molecule has 7 nitrogen and oxygen atoms in total. The van der Waals surface area contributed by atoms with Crippen molar-refractivity contribution in [1.82, 2.24) is 9.61 Å². The summed E-state index contributed by atoms with van der Waals surface area (Å²) in [4.78, 5) is 14.1. The Morgan fingerprint density at radius 1 is 1.71 bits per heavy atom. The summed E-state index contributed by atoms with van der Waals surface area (Å²) in [6.45, 7) is 0.235. The van der Waals surface area contributed by atoms with Crippen LogP contribution in [-0.2, 0) is 11.3 Å². The van der Waals surface area contributed by atoms with E-state index < -0.39 is 5.97 Å². The highest BCUT2D eigenvalue weighted by molar-refractivity contribution is 5.96. The SMILES string of the molecule is COC(=O)c1cnn2ccc(CN=[N+]=[N-])cc12. The van der Waals surface area contributed by atoms with Crippen molar-refractivity contribution in [2.75, 3.05) is 7.11 Å². The molecule has 0 amide bonds. The molecule has 0 radical (unpaired) electrons. The fraction of sp³-hybridized carbons (Fsp3) is 0.200. The Kier molecular flexibility index (Phi) is 2.93. The zero-order valence-corrected chi connectivity index (χ0v) is 9.07. The van der Waals surface area contributed by atoms with E-state index in [4.69, 9.17) is 5.53 Å². The number of carbonyl (C=O) groups is 1. The van der Waals surface area contributed by atoms with Crippen molar-refractivity contribution in [1.29, 1.82) is 0 Å². The average Bonchev–Trinajstić information content (AvgIpc) is 2.78. The Hall–Kier alpha value is -2.53. The van der Waals surface area contributed by atoms with Crippen molar-refractivity contribution >= 4 is 11.5 Å². The van der Waals surface area contributed by atoms with Crippen molar-refractivity contribution in [3.05, 3.63) is 46.1 Å². The fourth-order valence-electron chi connectivity index (χ4n) is 1.50. The molecule has 0 fully saturated rings. The number of aromatic nitrogens is 2. The molecule has 17 heavy (non-hydrogen) atoms. The van der Waals surface area contributed by atoms with Gasteiger partial charge in [-0.1, -0.05) is 5.11 Å². The van der Waals surface area contributed by atoms with E-state index in [9.17, 15) is 4.79 Å². The maximum atomic E-state index is 11.5. The molecule has 0 aromatic carbocycles. The number of rotatable bonds is 3. The van der Waals surface area contributed by atoms with Crippen LogP contribution in [0.2, 0.25) is 0 Å². The minimum atomic E-state index is -0.444. The van der Waals surface area contributed by atoms with Crippen LogP contribution in [0.25, 0.3) is 16.0 Å². The maximum absolute atomic E-state index is 11.5. The zero-order chi connectivity index (χ0) is 12.3. The molecule has 0 aliphatic carbocycles. The van der Waals surface area contributed by atoms with Crippen LogP contribution in [0, 0.1) is 0 Å². The van der Waals surface area contributed by atoms with Crippen molar-refractivity contribution in [3.8, 4) is 0 Å². The van der Waals surface area contributed by atoms with Crippen LogP contribution in [0.15, 0.2) is 29.6 Å². The molecule has 2 rings (SSSR count). The quantitative estimate of drug-likeness (QED) is 0.349. The molecule has 2 aromatic rings. The van der Waals surface area contributed by atoms with Gasteiger partial charge in [0.1, 0.15) is 5.56 Å². The second kappa shape index (κ2) is 4.54. The van der Waals surface area contributed by atoms with E-state index in [0.717, 1.165) is 5.56 Å². The monoisotopic (exact) mass is 231 g/mol. The van der Waals surface area contributed by atoms with Gasteiger partial charge >= 0.3 is 5.97 Å². The van der Waals surface area contributed by atoms with Crippen LogP contribution in [0.5, 0.6) is 0 Å². The molecule has 0 saturated heterocycles. The van der Waals surface area contributed by atoms with Gasteiger partial charge in [0.25, 0.3) is 0 Å². The van der Waals surface area contributed by atoms with Gasteiger partial charge in [0.2, 0.25) is 0 Å². The molecule has 2 aromatic heterocycles. The first-order valence-corrected chi connectivity index (χ1v) is 4.81. The van der Waals surface area contributed by atoms with Gasteiger partial charge in [0, 0.05) is 11.1 Å². The molecule has 7 heteroatoms. The molecule has 0 spiro atoms. The van der Waals surface area contributed by atoms with E-state index in [1.165, 1.54) is 13.3 Å². The van der Waals surface area contributed by atoms with Crippen LogP contribution in [0.3, 0.4) is 0 Å². The molecule has 0 aliphatic heterocycles. The number of carbonyl (C=O) groups excluding carboxylic acids is 1. The van der Waals surface area contributed by atoms with Crippen LogP contribution in [0.1, 0.15) is 15.9 Å². The van der Waals surface area contributed by atoms with Crippen LogP contribution in [0.4, 0.5) is 0 Å². The average molecular weight is 231 g/mol. The highest BCUT2D eigenvalue weighted by Gasteiger charge is 2.12. The summed E-state index contributed by atoms with van der Waals surface area (Å²) in [5, 5.41) is 7.48. The Bertz CT molecular complexity index is 612. The molecule has 0 unspecified atom stereocenters. The molecule has 0 saturated carbocycles. The van der Waals surface area contributed by atoms with Crippen molar-refractivity contribution in [3.63, 3.8) is 0 Å². The predicted octanol–water partition coefficient (Wildman–Crippen LogP) is 1.93. The minimum absolute atomic E-state index is 0.235. The topological polar surface area (TPSA) is 92.4 Å². The number of hydrogen-bond donors (Lipinski definition) is 0. The number of pyridine rings is 1. The number of nitrogens with zero attached hydrogens (tertiary/aromatic N) is 5. The first-order valence-electron chi connectivity index (χ1n) is 4.81. The second-order valence-corrected chi connectivity index (χ2v) is 3.30. The lowest BCUT2D eigenvalue weighted by Crippen LogP contribution is -2.00. The first kappa shape index (κ1) is 11.0. The molecule has 0 N–H and O–H groups in total. The van der Waals surface area contributed by atoms with Crippen LogP contribution >= 0.6 is 0 Å². The van der Waals surface area contributed by atoms with Crippen LogP contribution in [-0.4, -0.2) is 22.7 Å². The number of ether oxygens (including phenoxy) is 1. The van der Waals surface area contributed by atoms with E-state index >= 15 is 0 Å². The van der Waals surface area contributed by atoms with Gasteiger partial charge in [-0.3, -0.25) is 0 Å². The third-order valence-electron chi connectivity index (χ3n) is 2.31. The van der Waals surface area contributed by atoms with E-state index in [2.05, 4.69) is 19.9 Å². The summed E-state index contributed by atoms with van der Waals surface area (Å²) in [6.07, 6.45) is 3.14. The third-order valence-corrected chi connectivity index (χ3v) is 2.31. The minimum Gasteiger partial charge on any atom is -0.465 e. The summed E-state index contributed by atoms with van der Waals surface area (Å²) >= 11 is 0. The highest BCUT2D eigenvalue weighted by atomic mass is 16.5. The summed E-state index contributed by atoms with van der Waals surface area (Å²) in [6, 6.07) is 3.52. The Morgan fingerprint density at radius 3 is 3.24 bits per heavy atom. The summed E-state index contributed by atoms with van der Waals surface area (Å²) in [5.74, 6) is -0.444. The number of esters is 1. The van der Waals surface area contributed by atoms with Gasteiger partial charge in [0.15, 0.2) is 0 Å². The first-order chi connectivity index (χ1) is 8.26. The van der Waals surface area contributed by atoms with Gasteiger partial charge < -0.3 is 4.74 Å². The molecule has 0 bridgehead atoms. The van der Waals surface area contributed by atoms with E-state index in [0.29, 0.717) is 11.1 Å². The maximum Gasteiger partial charge on any atom is 0.341 e. The molecule has 0 aliphatic rings.